The topological polar surface area (TPSA) is 12.9 Å². The highest BCUT2D eigenvalue weighted by Gasteiger charge is 2.41. The number of pyridine rings is 1. The molecule has 13 heavy (non-hydrogen) atoms. The van der Waals surface area contributed by atoms with Gasteiger partial charge >= 0.3 is 0 Å². The minimum Gasteiger partial charge on any atom is -0.261 e. The molecule has 0 unspecified atom stereocenters. The maximum absolute atomic E-state index is 4.49. The molecule has 2 atom stereocenters. The zero-order valence-corrected chi connectivity index (χ0v) is 8.83. The Hall–Kier alpha value is -0.850. The highest BCUT2D eigenvalue weighted by Crippen LogP contribution is 2.48. The van der Waals surface area contributed by atoms with Crippen LogP contribution in [0.15, 0.2) is 18.3 Å². The molecule has 0 saturated heterocycles. The lowest BCUT2D eigenvalue weighted by Crippen LogP contribution is -2.22. The maximum Gasteiger partial charge on any atom is 0.0472 e. The van der Waals surface area contributed by atoms with Crippen molar-refractivity contribution >= 4 is 0 Å². The predicted molar refractivity (Wildman–Crippen MR) is 54.8 cm³/mol. The highest BCUT2D eigenvalue weighted by molar-refractivity contribution is 5.37. The molecular formula is C12H17N. The fraction of sp³-hybridized carbons (Fsp3) is 0.583. The number of fused-ring (bicyclic) bond motifs is 1. The molecule has 1 aromatic heterocycles. The van der Waals surface area contributed by atoms with Crippen molar-refractivity contribution in [3.8, 4) is 0 Å². The largest absolute Gasteiger partial charge is 0.261 e. The Balaban J connectivity index is 2.61. The van der Waals surface area contributed by atoms with E-state index in [1.165, 1.54) is 11.3 Å². The summed E-state index contributed by atoms with van der Waals surface area (Å²) in [6, 6.07) is 4.27. The molecule has 0 spiro atoms. The summed E-state index contributed by atoms with van der Waals surface area (Å²) in [5.41, 5.74) is 3.04. The van der Waals surface area contributed by atoms with Crippen LogP contribution in [0.5, 0.6) is 0 Å². The first-order valence-electron chi connectivity index (χ1n) is 5.00. The third-order valence-corrected chi connectivity index (χ3v) is 3.85. The van der Waals surface area contributed by atoms with Crippen molar-refractivity contribution in [2.75, 3.05) is 0 Å². The smallest absolute Gasteiger partial charge is 0.0472 e. The third-order valence-electron chi connectivity index (χ3n) is 3.85. The summed E-state index contributed by atoms with van der Waals surface area (Å²) in [7, 11) is 0. The SMILES string of the molecule is C[C@@H]1c2ncccc2C(C)(C)[C@@H]1C. The quantitative estimate of drug-likeness (QED) is 0.590. The summed E-state index contributed by atoms with van der Waals surface area (Å²) in [4.78, 5) is 4.49. The lowest BCUT2D eigenvalue weighted by molar-refractivity contribution is 0.341. The van der Waals surface area contributed by atoms with Gasteiger partial charge in [0.1, 0.15) is 0 Å². The second-order valence-corrected chi connectivity index (χ2v) is 4.74. The van der Waals surface area contributed by atoms with E-state index < -0.39 is 0 Å². The molecule has 1 heteroatoms. The van der Waals surface area contributed by atoms with Crippen molar-refractivity contribution in [2.45, 2.75) is 39.0 Å². The molecule has 2 rings (SSSR count). The van der Waals surface area contributed by atoms with Crippen LogP contribution in [0.1, 0.15) is 44.9 Å². The molecule has 0 bridgehead atoms. The van der Waals surface area contributed by atoms with Crippen LogP contribution >= 0.6 is 0 Å². The van der Waals surface area contributed by atoms with E-state index in [1.807, 2.05) is 12.3 Å². The van der Waals surface area contributed by atoms with Gasteiger partial charge in [-0.05, 0) is 23.0 Å². The molecule has 0 radical (unpaired) electrons. The molecule has 0 aromatic carbocycles. The molecule has 1 heterocycles. The van der Waals surface area contributed by atoms with E-state index in [9.17, 15) is 0 Å². The summed E-state index contributed by atoms with van der Waals surface area (Å²) in [5.74, 6) is 1.30. The van der Waals surface area contributed by atoms with Crippen LogP contribution < -0.4 is 0 Å². The summed E-state index contributed by atoms with van der Waals surface area (Å²) in [5, 5.41) is 0. The number of aromatic nitrogens is 1. The fourth-order valence-electron chi connectivity index (χ4n) is 2.43. The summed E-state index contributed by atoms with van der Waals surface area (Å²) in [6.45, 7) is 9.25. The molecule has 1 aliphatic carbocycles. The number of hydrogen-bond donors (Lipinski definition) is 0. The Bertz CT molecular complexity index is 328. The van der Waals surface area contributed by atoms with Crippen LogP contribution in [-0.2, 0) is 5.41 Å². The normalized spacial score (nSPS) is 30.2. The minimum atomic E-state index is 0.295. The average Bonchev–Trinajstić information content (AvgIpc) is 2.30. The first kappa shape index (κ1) is 8.74. The van der Waals surface area contributed by atoms with Gasteiger partial charge in [-0.2, -0.15) is 0 Å². The van der Waals surface area contributed by atoms with Crippen LogP contribution in [0.2, 0.25) is 0 Å². The molecule has 1 aromatic rings. The van der Waals surface area contributed by atoms with Crippen molar-refractivity contribution in [2.24, 2.45) is 5.92 Å². The fourth-order valence-corrected chi connectivity index (χ4v) is 2.43. The Labute approximate surface area is 80.2 Å². The summed E-state index contributed by atoms with van der Waals surface area (Å²) >= 11 is 0. The van der Waals surface area contributed by atoms with Gasteiger partial charge in [0.25, 0.3) is 0 Å². The first-order valence-corrected chi connectivity index (χ1v) is 5.00. The van der Waals surface area contributed by atoms with Crippen molar-refractivity contribution in [3.05, 3.63) is 29.6 Å². The second kappa shape index (κ2) is 2.57. The van der Waals surface area contributed by atoms with E-state index in [0.717, 1.165) is 0 Å². The third kappa shape index (κ3) is 1.03. The van der Waals surface area contributed by atoms with Gasteiger partial charge in [-0.25, -0.2) is 0 Å². The van der Waals surface area contributed by atoms with E-state index in [4.69, 9.17) is 0 Å². The minimum absolute atomic E-state index is 0.295. The molecule has 1 nitrogen and oxygen atoms in total. The van der Waals surface area contributed by atoms with E-state index in [2.05, 4.69) is 38.7 Å². The summed E-state index contributed by atoms with van der Waals surface area (Å²) in [6.07, 6.45) is 1.91. The lowest BCUT2D eigenvalue weighted by atomic mass is 9.78. The molecule has 0 amide bonds. The Morgan fingerprint density at radius 2 is 2.00 bits per heavy atom. The first-order chi connectivity index (χ1) is 6.05. The van der Waals surface area contributed by atoms with Gasteiger partial charge in [0.05, 0.1) is 0 Å². The van der Waals surface area contributed by atoms with E-state index in [1.54, 1.807) is 0 Å². The van der Waals surface area contributed by atoms with E-state index in [0.29, 0.717) is 17.3 Å². The van der Waals surface area contributed by atoms with Crippen LogP contribution in [-0.4, -0.2) is 4.98 Å². The Morgan fingerprint density at radius 1 is 1.31 bits per heavy atom. The van der Waals surface area contributed by atoms with Crippen LogP contribution in [0.25, 0.3) is 0 Å². The molecule has 70 valence electrons. The molecule has 0 N–H and O–H groups in total. The maximum atomic E-state index is 4.49. The Kier molecular flexibility index (Phi) is 1.73. The molecule has 0 fully saturated rings. The van der Waals surface area contributed by atoms with Gasteiger partial charge in [0.15, 0.2) is 0 Å². The molecule has 0 saturated carbocycles. The van der Waals surface area contributed by atoms with Crippen LogP contribution in [0, 0.1) is 5.92 Å². The summed E-state index contributed by atoms with van der Waals surface area (Å²) < 4.78 is 0. The average molecular weight is 175 g/mol. The van der Waals surface area contributed by atoms with Crippen molar-refractivity contribution in [1.82, 2.24) is 4.98 Å². The molecule has 0 aliphatic heterocycles. The van der Waals surface area contributed by atoms with Gasteiger partial charge in [0.2, 0.25) is 0 Å². The molecule has 1 aliphatic rings. The second-order valence-electron chi connectivity index (χ2n) is 4.74. The predicted octanol–water partition coefficient (Wildman–Crippen LogP) is 3.11. The van der Waals surface area contributed by atoms with Gasteiger partial charge in [-0.15, -0.1) is 0 Å². The van der Waals surface area contributed by atoms with Crippen molar-refractivity contribution < 1.29 is 0 Å². The number of rotatable bonds is 0. The van der Waals surface area contributed by atoms with Crippen LogP contribution in [0.4, 0.5) is 0 Å². The number of hydrogen-bond acceptors (Lipinski definition) is 1. The van der Waals surface area contributed by atoms with Gasteiger partial charge < -0.3 is 0 Å². The zero-order valence-electron chi connectivity index (χ0n) is 8.83. The lowest BCUT2D eigenvalue weighted by Gasteiger charge is -2.26. The van der Waals surface area contributed by atoms with Crippen molar-refractivity contribution in [3.63, 3.8) is 0 Å². The van der Waals surface area contributed by atoms with Gasteiger partial charge in [-0.3, -0.25) is 4.98 Å². The van der Waals surface area contributed by atoms with E-state index >= 15 is 0 Å². The van der Waals surface area contributed by atoms with Gasteiger partial charge in [0, 0.05) is 17.8 Å². The standard InChI is InChI=1S/C12H17N/c1-8-9(2)12(3,4)10-6-5-7-13-11(8)10/h5-9H,1-4H3/t8-,9+/m0/s1. The molecular weight excluding hydrogens is 158 g/mol. The monoisotopic (exact) mass is 175 g/mol. The van der Waals surface area contributed by atoms with Gasteiger partial charge in [-0.1, -0.05) is 33.8 Å². The van der Waals surface area contributed by atoms with Crippen molar-refractivity contribution in [1.29, 1.82) is 0 Å². The van der Waals surface area contributed by atoms with Crippen LogP contribution in [0.3, 0.4) is 0 Å². The van der Waals surface area contributed by atoms with E-state index in [-0.39, 0.29) is 0 Å². The Morgan fingerprint density at radius 3 is 2.62 bits per heavy atom. The zero-order chi connectivity index (χ0) is 9.64. The number of nitrogens with zero attached hydrogens (tertiary/aromatic N) is 1. The highest BCUT2D eigenvalue weighted by atomic mass is 14.7.